The maximum absolute atomic E-state index is 12.9. The molecule has 2 aromatic carbocycles. The van der Waals surface area contributed by atoms with Crippen LogP contribution in [0.4, 0.5) is 5.69 Å². The normalized spacial score (nSPS) is 11.5. The molecule has 0 spiro atoms. The molecule has 1 N–H and O–H groups in total. The van der Waals surface area contributed by atoms with Crippen LogP contribution in [0.15, 0.2) is 64.8 Å². The maximum atomic E-state index is 12.9. The van der Waals surface area contributed by atoms with Crippen molar-refractivity contribution in [1.29, 1.82) is 0 Å². The SMILES string of the molecule is COc1cccc(NC(=O)C(OC(=O)CCn2c(C)csc2=O)c2ccccc2)c1. The van der Waals surface area contributed by atoms with Crippen LogP contribution >= 0.6 is 11.3 Å². The minimum Gasteiger partial charge on any atom is -0.497 e. The highest BCUT2D eigenvalue weighted by molar-refractivity contribution is 7.07. The Morgan fingerprint density at radius 3 is 2.57 bits per heavy atom. The standard InChI is InChI=1S/C22H22N2O5S/c1-15-14-30-22(27)24(15)12-11-19(25)29-20(16-7-4-3-5-8-16)21(26)23-17-9-6-10-18(13-17)28-2/h3-10,13-14,20H,11-12H2,1-2H3,(H,23,26). The molecule has 1 atom stereocenters. The summed E-state index contributed by atoms with van der Waals surface area (Å²) in [5, 5.41) is 4.50. The molecule has 0 fully saturated rings. The molecule has 0 aliphatic carbocycles. The first kappa shape index (κ1) is 21.3. The van der Waals surface area contributed by atoms with E-state index in [2.05, 4.69) is 5.32 Å². The third-order valence-electron chi connectivity index (χ3n) is 4.44. The van der Waals surface area contributed by atoms with Gasteiger partial charge in [0, 0.05) is 34.9 Å². The molecule has 0 bridgehead atoms. The third kappa shape index (κ3) is 5.36. The number of methoxy groups -OCH3 is 1. The number of benzene rings is 2. The molecule has 30 heavy (non-hydrogen) atoms. The van der Waals surface area contributed by atoms with Crippen molar-refractivity contribution in [3.63, 3.8) is 0 Å². The lowest BCUT2D eigenvalue weighted by Gasteiger charge is -2.18. The molecule has 3 rings (SSSR count). The van der Waals surface area contributed by atoms with Gasteiger partial charge in [-0.1, -0.05) is 47.7 Å². The molecule has 156 valence electrons. The molecule has 1 amide bonds. The second-order valence-electron chi connectivity index (χ2n) is 6.55. The van der Waals surface area contributed by atoms with E-state index in [1.165, 1.54) is 11.7 Å². The Morgan fingerprint density at radius 1 is 1.13 bits per heavy atom. The van der Waals surface area contributed by atoms with Crippen LogP contribution < -0.4 is 14.9 Å². The van der Waals surface area contributed by atoms with Gasteiger partial charge in [-0.3, -0.25) is 14.4 Å². The lowest BCUT2D eigenvalue weighted by molar-refractivity contribution is -0.155. The van der Waals surface area contributed by atoms with E-state index in [9.17, 15) is 14.4 Å². The number of aromatic nitrogens is 1. The smallest absolute Gasteiger partial charge is 0.308 e. The minimum absolute atomic E-state index is 0.0206. The Hall–Kier alpha value is -3.39. The summed E-state index contributed by atoms with van der Waals surface area (Å²) in [6.45, 7) is 2.00. The average molecular weight is 426 g/mol. The molecule has 7 nitrogen and oxygen atoms in total. The lowest BCUT2D eigenvalue weighted by atomic mass is 10.1. The zero-order valence-electron chi connectivity index (χ0n) is 16.7. The number of carbonyl (C=O) groups is 2. The van der Waals surface area contributed by atoms with Crippen LogP contribution in [0.25, 0.3) is 0 Å². The number of nitrogens with one attached hydrogen (secondary N) is 1. The van der Waals surface area contributed by atoms with Gasteiger partial charge >= 0.3 is 10.8 Å². The number of hydrogen-bond acceptors (Lipinski definition) is 6. The van der Waals surface area contributed by atoms with E-state index in [1.807, 2.05) is 6.07 Å². The van der Waals surface area contributed by atoms with Gasteiger partial charge < -0.3 is 19.4 Å². The summed E-state index contributed by atoms with van der Waals surface area (Å²) in [7, 11) is 1.54. The molecule has 8 heteroatoms. The zero-order valence-corrected chi connectivity index (χ0v) is 17.5. The van der Waals surface area contributed by atoms with E-state index in [0.717, 1.165) is 17.0 Å². The van der Waals surface area contributed by atoms with Crippen molar-refractivity contribution in [1.82, 2.24) is 4.57 Å². The Labute approximate surface area is 177 Å². The quantitative estimate of drug-likeness (QED) is 0.557. The molecule has 1 aromatic heterocycles. The molecule has 1 unspecified atom stereocenters. The number of aryl methyl sites for hydroxylation is 1. The van der Waals surface area contributed by atoms with Crippen molar-refractivity contribution in [2.45, 2.75) is 26.0 Å². The molecular weight excluding hydrogens is 404 g/mol. The highest BCUT2D eigenvalue weighted by Gasteiger charge is 2.25. The third-order valence-corrected chi connectivity index (χ3v) is 5.32. The molecule has 0 radical (unpaired) electrons. The fraction of sp³-hybridized carbons (Fsp3) is 0.227. The second-order valence-corrected chi connectivity index (χ2v) is 7.37. The van der Waals surface area contributed by atoms with Gasteiger partial charge in [-0.15, -0.1) is 0 Å². The number of ether oxygens (including phenoxy) is 2. The van der Waals surface area contributed by atoms with Crippen molar-refractivity contribution < 1.29 is 19.1 Å². The first-order valence-electron chi connectivity index (χ1n) is 9.32. The lowest BCUT2D eigenvalue weighted by Crippen LogP contribution is -2.27. The van der Waals surface area contributed by atoms with Gasteiger partial charge in [0.15, 0.2) is 0 Å². The summed E-state index contributed by atoms with van der Waals surface area (Å²) in [4.78, 5) is 37.1. The highest BCUT2D eigenvalue weighted by Crippen LogP contribution is 2.23. The molecule has 3 aromatic rings. The van der Waals surface area contributed by atoms with Crippen LogP contribution in [0, 0.1) is 6.92 Å². The number of esters is 1. The van der Waals surface area contributed by atoms with E-state index in [4.69, 9.17) is 9.47 Å². The topological polar surface area (TPSA) is 86.6 Å². The van der Waals surface area contributed by atoms with Gasteiger partial charge in [-0.25, -0.2) is 0 Å². The Balaban J connectivity index is 1.73. The summed E-state index contributed by atoms with van der Waals surface area (Å²) in [6, 6.07) is 15.7. The molecule has 0 aliphatic heterocycles. The molecular formula is C22H22N2O5S. The predicted molar refractivity (Wildman–Crippen MR) is 115 cm³/mol. The number of hydrogen-bond donors (Lipinski definition) is 1. The van der Waals surface area contributed by atoms with Gasteiger partial charge in [-0.05, 0) is 19.1 Å². The van der Waals surface area contributed by atoms with Crippen molar-refractivity contribution in [3.05, 3.63) is 80.9 Å². The Bertz CT molecular complexity index is 1070. The van der Waals surface area contributed by atoms with Crippen LogP contribution in [0.2, 0.25) is 0 Å². The number of nitrogens with zero attached hydrogens (tertiary/aromatic N) is 1. The monoisotopic (exact) mass is 426 g/mol. The minimum atomic E-state index is -1.12. The summed E-state index contributed by atoms with van der Waals surface area (Å²) in [5.41, 5.74) is 1.86. The first-order chi connectivity index (χ1) is 14.5. The van der Waals surface area contributed by atoms with Crippen LogP contribution in [-0.2, 0) is 20.9 Å². The fourth-order valence-corrected chi connectivity index (χ4v) is 3.64. The van der Waals surface area contributed by atoms with Gasteiger partial charge in [0.05, 0.1) is 13.5 Å². The molecule has 0 aliphatic rings. The van der Waals surface area contributed by atoms with Crippen LogP contribution in [-0.4, -0.2) is 23.6 Å². The Morgan fingerprint density at radius 2 is 1.90 bits per heavy atom. The predicted octanol–water partition coefficient (Wildman–Crippen LogP) is 3.54. The van der Waals surface area contributed by atoms with Crippen LogP contribution in [0.1, 0.15) is 23.8 Å². The van der Waals surface area contributed by atoms with Crippen LogP contribution in [0.3, 0.4) is 0 Å². The number of anilines is 1. The molecule has 0 saturated heterocycles. The van der Waals surface area contributed by atoms with Crippen molar-refractivity contribution in [3.8, 4) is 5.75 Å². The largest absolute Gasteiger partial charge is 0.497 e. The number of thiazole rings is 1. The maximum Gasteiger partial charge on any atom is 0.308 e. The summed E-state index contributed by atoms with van der Waals surface area (Å²) in [5.74, 6) is -0.452. The van der Waals surface area contributed by atoms with E-state index >= 15 is 0 Å². The first-order valence-corrected chi connectivity index (χ1v) is 10.2. The summed E-state index contributed by atoms with van der Waals surface area (Å²) in [6.07, 6.45) is -1.14. The Kier molecular flexibility index (Phi) is 7.03. The summed E-state index contributed by atoms with van der Waals surface area (Å²) >= 11 is 1.08. The van der Waals surface area contributed by atoms with Crippen LogP contribution in [0.5, 0.6) is 5.75 Å². The van der Waals surface area contributed by atoms with E-state index in [-0.39, 0.29) is 17.8 Å². The average Bonchev–Trinajstić information content (AvgIpc) is 3.08. The van der Waals surface area contributed by atoms with E-state index in [0.29, 0.717) is 17.0 Å². The second kappa shape index (κ2) is 9.89. The van der Waals surface area contributed by atoms with Gasteiger partial charge in [0.25, 0.3) is 5.91 Å². The van der Waals surface area contributed by atoms with Gasteiger partial charge in [-0.2, -0.15) is 0 Å². The van der Waals surface area contributed by atoms with E-state index in [1.54, 1.807) is 60.8 Å². The van der Waals surface area contributed by atoms with Crippen molar-refractivity contribution in [2.24, 2.45) is 0 Å². The van der Waals surface area contributed by atoms with Gasteiger partial charge in [0.1, 0.15) is 5.75 Å². The van der Waals surface area contributed by atoms with Crippen molar-refractivity contribution in [2.75, 3.05) is 12.4 Å². The number of carbonyl (C=O) groups excluding carboxylic acids is 2. The fourth-order valence-electron chi connectivity index (χ4n) is 2.88. The zero-order chi connectivity index (χ0) is 21.5. The molecule has 0 saturated carbocycles. The highest BCUT2D eigenvalue weighted by atomic mass is 32.1. The molecule has 1 heterocycles. The number of amides is 1. The van der Waals surface area contributed by atoms with Crippen molar-refractivity contribution >= 4 is 28.9 Å². The number of rotatable bonds is 8. The van der Waals surface area contributed by atoms with Gasteiger partial charge in [0.2, 0.25) is 6.10 Å². The summed E-state index contributed by atoms with van der Waals surface area (Å²) < 4.78 is 12.2. The van der Waals surface area contributed by atoms with E-state index < -0.39 is 18.0 Å².